The van der Waals surface area contributed by atoms with Gasteiger partial charge in [-0.2, -0.15) is 0 Å². The van der Waals surface area contributed by atoms with Crippen molar-refractivity contribution in [2.45, 2.75) is 0 Å². The Morgan fingerprint density at radius 3 is 2.54 bits per heavy atom. The molecule has 70 valence electrons. The topological polar surface area (TPSA) is 52.3 Å². The lowest BCUT2D eigenvalue weighted by molar-refractivity contribution is 0.0999. The van der Waals surface area contributed by atoms with Crippen LogP contribution in [0, 0.1) is 7.14 Å². The minimum absolute atomic E-state index is 0.429. The average molecular weight is 403 g/mol. The summed E-state index contributed by atoms with van der Waals surface area (Å²) in [6.07, 6.45) is 0. The van der Waals surface area contributed by atoms with Crippen LogP contribution in [0.5, 0.6) is 5.75 Å². The maximum absolute atomic E-state index is 11.0. The molecule has 0 aromatic heterocycles. The number of hydrogen-bond donors (Lipinski definition) is 1. The zero-order valence-corrected chi connectivity index (χ0v) is 11.1. The molecule has 0 bridgehead atoms. The Kier molecular flexibility index (Phi) is 3.77. The molecule has 0 unspecified atom stereocenters. The van der Waals surface area contributed by atoms with Crippen molar-refractivity contribution in [2.24, 2.45) is 5.73 Å². The van der Waals surface area contributed by atoms with Gasteiger partial charge in [0.15, 0.2) is 0 Å². The van der Waals surface area contributed by atoms with E-state index in [2.05, 4.69) is 45.2 Å². The number of amides is 1. The molecule has 0 heterocycles. The van der Waals surface area contributed by atoms with Crippen LogP contribution in [0.3, 0.4) is 0 Å². The molecular weight excluding hydrogens is 396 g/mol. The van der Waals surface area contributed by atoms with E-state index in [0.29, 0.717) is 11.3 Å². The summed E-state index contributed by atoms with van der Waals surface area (Å²) in [5.41, 5.74) is 5.71. The van der Waals surface area contributed by atoms with Gasteiger partial charge in [-0.05, 0) is 57.3 Å². The summed E-state index contributed by atoms with van der Waals surface area (Å²) in [6.45, 7) is 0. The minimum Gasteiger partial charge on any atom is -0.497 e. The zero-order chi connectivity index (χ0) is 10.0. The lowest BCUT2D eigenvalue weighted by atomic mass is 10.2. The number of nitrogens with two attached hydrogens (primary N) is 1. The normalized spacial score (nSPS) is 9.77. The molecule has 5 heteroatoms. The summed E-state index contributed by atoms with van der Waals surface area (Å²) in [5, 5.41) is 0. The Morgan fingerprint density at radius 1 is 1.46 bits per heavy atom. The van der Waals surface area contributed by atoms with Crippen molar-refractivity contribution in [3.8, 4) is 5.75 Å². The Labute approximate surface area is 103 Å². The van der Waals surface area contributed by atoms with Gasteiger partial charge in [0.25, 0.3) is 0 Å². The smallest absolute Gasteiger partial charge is 0.249 e. The van der Waals surface area contributed by atoms with Crippen LogP contribution in [0.2, 0.25) is 0 Å². The molecule has 1 amide bonds. The first-order chi connectivity index (χ1) is 6.06. The number of ether oxygens (including phenoxy) is 1. The maximum atomic E-state index is 11.0. The van der Waals surface area contributed by atoms with Gasteiger partial charge < -0.3 is 10.5 Å². The molecule has 1 rings (SSSR count). The maximum Gasteiger partial charge on any atom is 0.249 e. The highest BCUT2D eigenvalue weighted by Gasteiger charge is 2.11. The first kappa shape index (κ1) is 11.0. The van der Waals surface area contributed by atoms with Crippen molar-refractivity contribution in [3.05, 3.63) is 24.8 Å². The Hall–Kier alpha value is -0.0500. The molecule has 0 aliphatic heterocycles. The third kappa shape index (κ3) is 2.46. The van der Waals surface area contributed by atoms with Crippen LogP contribution in [0.1, 0.15) is 10.4 Å². The lowest BCUT2D eigenvalue weighted by Crippen LogP contribution is -2.13. The monoisotopic (exact) mass is 403 g/mol. The molecule has 0 atom stereocenters. The van der Waals surface area contributed by atoms with Crippen LogP contribution in [0.15, 0.2) is 12.1 Å². The van der Waals surface area contributed by atoms with E-state index >= 15 is 0 Å². The number of benzene rings is 1. The van der Waals surface area contributed by atoms with Gasteiger partial charge in [-0.15, -0.1) is 0 Å². The quantitative estimate of drug-likeness (QED) is 0.769. The van der Waals surface area contributed by atoms with Crippen molar-refractivity contribution >= 4 is 51.1 Å². The van der Waals surface area contributed by atoms with E-state index in [1.165, 1.54) is 0 Å². The SMILES string of the molecule is COc1cc(I)c(I)c(C(N)=O)c1. The van der Waals surface area contributed by atoms with Crippen molar-refractivity contribution in [1.82, 2.24) is 0 Å². The van der Waals surface area contributed by atoms with Gasteiger partial charge in [0.05, 0.1) is 12.7 Å². The lowest BCUT2D eigenvalue weighted by Gasteiger charge is -2.06. The van der Waals surface area contributed by atoms with Gasteiger partial charge in [-0.3, -0.25) is 4.79 Å². The predicted octanol–water partition coefficient (Wildman–Crippen LogP) is 2.00. The van der Waals surface area contributed by atoms with E-state index < -0.39 is 5.91 Å². The molecule has 0 aliphatic carbocycles. The molecule has 1 aromatic rings. The van der Waals surface area contributed by atoms with Gasteiger partial charge in [0.1, 0.15) is 5.75 Å². The summed E-state index contributed by atoms with van der Waals surface area (Å²) in [7, 11) is 1.56. The van der Waals surface area contributed by atoms with Gasteiger partial charge in [-0.1, -0.05) is 0 Å². The number of rotatable bonds is 2. The van der Waals surface area contributed by atoms with Crippen molar-refractivity contribution in [1.29, 1.82) is 0 Å². The average Bonchev–Trinajstić information content (AvgIpc) is 2.09. The summed E-state index contributed by atoms with van der Waals surface area (Å²) >= 11 is 4.23. The molecule has 0 spiro atoms. The first-order valence-corrected chi connectivity index (χ1v) is 5.55. The van der Waals surface area contributed by atoms with E-state index in [-0.39, 0.29) is 0 Å². The van der Waals surface area contributed by atoms with Crippen molar-refractivity contribution < 1.29 is 9.53 Å². The van der Waals surface area contributed by atoms with E-state index in [4.69, 9.17) is 10.5 Å². The molecule has 1 aromatic carbocycles. The predicted molar refractivity (Wildman–Crippen MR) is 66.9 cm³/mol. The van der Waals surface area contributed by atoms with Crippen molar-refractivity contribution in [3.63, 3.8) is 0 Å². The molecule has 0 aliphatic rings. The van der Waals surface area contributed by atoms with Crippen LogP contribution in [-0.4, -0.2) is 13.0 Å². The number of primary amides is 1. The first-order valence-electron chi connectivity index (χ1n) is 3.39. The molecule has 0 fully saturated rings. The second kappa shape index (κ2) is 4.45. The van der Waals surface area contributed by atoms with Gasteiger partial charge in [0, 0.05) is 7.14 Å². The van der Waals surface area contributed by atoms with Crippen molar-refractivity contribution in [2.75, 3.05) is 7.11 Å². The Bertz CT molecular complexity index is 352. The van der Waals surface area contributed by atoms with E-state index in [9.17, 15) is 4.79 Å². The highest BCUT2D eigenvalue weighted by atomic mass is 127. The zero-order valence-electron chi connectivity index (χ0n) is 6.80. The molecule has 0 saturated heterocycles. The molecule has 3 nitrogen and oxygen atoms in total. The highest BCUT2D eigenvalue weighted by molar-refractivity contribution is 14.1. The third-order valence-corrected chi connectivity index (χ3v) is 4.55. The number of carbonyl (C=O) groups excluding carboxylic acids is 1. The minimum atomic E-state index is -0.429. The van der Waals surface area contributed by atoms with E-state index in [0.717, 1.165) is 7.14 Å². The molecule has 0 saturated carbocycles. The fourth-order valence-corrected chi connectivity index (χ4v) is 2.04. The largest absolute Gasteiger partial charge is 0.497 e. The Balaban J connectivity index is 3.33. The second-order valence-electron chi connectivity index (χ2n) is 2.34. The van der Waals surface area contributed by atoms with Crippen LogP contribution >= 0.6 is 45.2 Å². The number of hydrogen-bond acceptors (Lipinski definition) is 2. The fraction of sp³-hybridized carbons (Fsp3) is 0.125. The van der Waals surface area contributed by atoms with Crippen LogP contribution < -0.4 is 10.5 Å². The summed E-state index contributed by atoms with van der Waals surface area (Å²) < 4.78 is 6.86. The van der Waals surface area contributed by atoms with Crippen LogP contribution in [0.25, 0.3) is 0 Å². The number of methoxy groups -OCH3 is 1. The summed E-state index contributed by atoms with van der Waals surface area (Å²) in [5.74, 6) is 0.222. The number of halogens is 2. The Morgan fingerprint density at radius 2 is 2.08 bits per heavy atom. The molecule has 2 N–H and O–H groups in total. The van der Waals surface area contributed by atoms with Gasteiger partial charge in [-0.25, -0.2) is 0 Å². The van der Waals surface area contributed by atoms with Crippen LogP contribution in [-0.2, 0) is 0 Å². The summed E-state index contributed by atoms with van der Waals surface area (Å²) in [4.78, 5) is 11.0. The fourth-order valence-electron chi connectivity index (χ4n) is 0.861. The highest BCUT2D eigenvalue weighted by Crippen LogP contribution is 2.25. The van der Waals surface area contributed by atoms with Gasteiger partial charge >= 0.3 is 0 Å². The molecular formula is C8H7I2NO2. The second-order valence-corrected chi connectivity index (χ2v) is 4.58. The van der Waals surface area contributed by atoms with E-state index in [1.54, 1.807) is 13.2 Å². The van der Waals surface area contributed by atoms with E-state index in [1.807, 2.05) is 6.07 Å². The number of carbonyl (C=O) groups is 1. The van der Waals surface area contributed by atoms with Crippen LogP contribution in [0.4, 0.5) is 0 Å². The standard InChI is InChI=1S/C8H7I2NO2/c1-13-4-2-5(8(11)12)7(10)6(9)3-4/h2-3H,1H3,(H2,11,12). The third-order valence-electron chi connectivity index (χ3n) is 1.50. The molecule has 0 radical (unpaired) electrons. The van der Waals surface area contributed by atoms with Gasteiger partial charge in [0.2, 0.25) is 5.91 Å². The summed E-state index contributed by atoms with van der Waals surface area (Å²) in [6, 6.07) is 3.50. The molecule has 13 heavy (non-hydrogen) atoms.